The number of fused-ring (bicyclic) bond motifs is 1. The van der Waals surface area contributed by atoms with Crippen LogP contribution in [0.1, 0.15) is 24.0 Å². The van der Waals surface area contributed by atoms with Crippen LogP contribution in [0.5, 0.6) is 0 Å². The Morgan fingerprint density at radius 3 is 2.76 bits per heavy atom. The van der Waals surface area contributed by atoms with Crippen molar-refractivity contribution in [2.45, 2.75) is 24.8 Å². The molecule has 0 amide bonds. The lowest BCUT2D eigenvalue weighted by atomic mass is 9.86. The second kappa shape index (κ2) is 7.09. The lowest BCUT2D eigenvalue weighted by Gasteiger charge is -2.32. The van der Waals surface area contributed by atoms with Gasteiger partial charge < -0.3 is 10.6 Å². The maximum atomic E-state index is 13.6. The lowest BCUT2D eigenvalue weighted by molar-refractivity contribution is 0.391. The molecule has 4 heteroatoms. The summed E-state index contributed by atoms with van der Waals surface area (Å²) in [5.74, 6) is 0.537. The summed E-state index contributed by atoms with van der Waals surface area (Å²) in [4.78, 5) is 4.27. The van der Waals surface area contributed by atoms with Gasteiger partial charge in [-0.3, -0.25) is 4.99 Å². The third-order valence-electron chi connectivity index (χ3n) is 4.92. The first-order valence-electron chi connectivity index (χ1n) is 8.55. The zero-order chi connectivity index (χ0) is 17.9. The smallest absolute Gasteiger partial charge is 0.191 e. The van der Waals surface area contributed by atoms with E-state index in [-0.39, 0.29) is 11.4 Å². The highest BCUT2D eigenvalue weighted by Gasteiger charge is 2.38. The molecular weight excluding hydrogens is 313 g/mol. The molecule has 1 aliphatic carbocycles. The molecule has 2 aromatic rings. The van der Waals surface area contributed by atoms with E-state index in [1.807, 2.05) is 19.2 Å². The minimum Gasteiger partial charge on any atom is -0.359 e. The zero-order valence-electron chi connectivity index (χ0n) is 14.8. The van der Waals surface area contributed by atoms with Crippen molar-refractivity contribution in [3.63, 3.8) is 0 Å². The monoisotopic (exact) mass is 337 g/mol. The van der Waals surface area contributed by atoms with E-state index in [1.54, 1.807) is 19.2 Å². The molecule has 2 aromatic carbocycles. The van der Waals surface area contributed by atoms with Gasteiger partial charge >= 0.3 is 0 Å². The van der Waals surface area contributed by atoms with Crippen LogP contribution in [0.4, 0.5) is 4.39 Å². The maximum Gasteiger partial charge on any atom is 0.191 e. The van der Waals surface area contributed by atoms with Gasteiger partial charge in [0.25, 0.3) is 0 Å². The highest BCUT2D eigenvalue weighted by molar-refractivity contribution is 5.81. The number of halogens is 1. The largest absolute Gasteiger partial charge is 0.359 e. The fraction of sp³-hybridized carbons (Fsp3) is 0.286. The van der Waals surface area contributed by atoms with Gasteiger partial charge in [0.1, 0.15) is 5.82 Å². The summed E-state index contributed by atoms with van der Waals surface area (Å²) in [5.41, 5.74) is 4.24. The first kappa shape index (κ1) is 17.2. The minimum absolute atomic E-state index is 0.218. The predicted molar refractivity (Wildman–Crippen MR) is 102 cm³/mol. The van der Waals surface area contributed by atoms with Crippen LogP contribution in [0.25, 0.3) is 11.1 Å². The van der Waals surface area contributed by atoms with E-state index in [0.717, 1.165) is 36.3 Å². The van der Waals surface area contributed by atoms with Crippen LogP contribution in [0.2, 0.25) is 0 Å². The first-order chi connectivity index (χ1) is 12.1. The SMILES string of the molecule is C=CCC1(NC(=NC)NC)CCc2ccc(-c3cccc(F)c3)cc21. The van der Waals surface area contributed by atoms with Gasteiger partial charge in [0.2, 0.25) is 0 Å². The number of aliphatic imine (C=N–C) groups is 1. The quantitative estimate of drug-likeness (QED) is 0.502. The van der Waals surface area contributed by atoms with E-state index in [9.17, 15) is 4.39 Å². The fourth-order valence-corrected chi connectivity index (χ4v) is 3.67. The fourth-order valence-electron chi connectivity index (χ4n) is 3.67. The third kappa shape index (κ3) is 3.29. The molecule has 0 bridgehead atoms. The van der Waals surface area contributed by atoms with Gasteiger partial charge in [0.05, 0.1) is 5.54 Å². The number of hydrogen-bond acceptors (Lipinski definition) is 1. The molecule has 0 saturated heterocycles. The van der Waals surface area contributed by atoms with Crippen molar-refractivity contribution in [3.05, 3.63) is 72.1 Å². The molecule has 0 radical (unpaired) electrons. The van der Waals surface area contributed by atoms with Gasteiger partial charge in [0, 0.05) is 14.1 Å². The molecule has 0 fully saturated rings. The number of nitrogens with one attached hydrogen (secondary N) is 2. The van der Waals surface area contributed by atoms with Crippen molar-refractivity contribution in [1.82, 2.24) is 10.6 Å². The Balaban J connectivity index is 2.06. The van der Waals surface area contributed by atoms with Gasteiger partial charge in [-0.25, -0.2) is 4.39 Å². The standard InChI is InChI=1S/C21H24FN3/c1-4-11-21(25-20(23-2)24-3)12-10-15-8-9-17(14-19(15)21)16-6-5-7-18(22)13-16/h4-9,13-14H,1,10-12H2,2-3H3,(H2,23,24,25). The van der Waals surface area contributed by atoms with Gasteiger partial charge in [-0.1, -0.05) is 30.3 Å². The van der Waals surface area contributed by atoms with Crippen molar-refractivity contribution in [2.24, 2.45) is 4.99 Å². The van der Waals surface area contributed by atoms with E-state index in [4.69, 9.17) is 0 Å². The Labute approximate surface area is 148 Å². The van der Waals surface area contributed by atoms with E-state index in [1.165, 1.54) is 17.2 Å². The summed E-state index contributed by atoms with van der Waals surface area (Å²) in [6.07, 6.45) is 4.72. The molecular formula is C21H24FN3. The molecule has 1 unspecified atom stereocenters. The van der Waals surface area contributed by atoms with Crippen LogP contribution in [-0.2, 0) is 12.0 Å². The van der Waals surface area contributed by atoms with Gasteiger partial charge in [-0.05, 0) is 59.7 Å². The molecule has 0 heterocycles. The molecule has 0 spiro atoms. The third-order valence-corrected chi connectivity index (χ3v) is 4.92. The Morgan fingerprint density at radius 1 is 1.28 bits per heavy atom. The van der Waals surface area contributed by atoms with Crippen molar-refractivity contribution in [3.8, 4) is 11.1 Å². The molecule has 2 N–H and O–H groups in total. The van der Waals surface area contributed by atoms with Crippen molar-refractivity contribution in [2.75, 3.05) is 14.1 Å². The Kier molecular flexibility index (Phi) is 4.88. The van der Waals surface area contributed by atoms with Gasteiger partial charge in [-0.2, -0.15) is 0 Å². The molecule has 0 aromatic heterocycles. The van der Waals surface area contributed by atoms with Crippen LogP contribution < -0.4 is 10.6 Å². The number of nitrogens with zero attached hydrogens (tertiary/aromatic N) is 1. The van der Waals surface area contributed by atoms with Crippen LogP contribution >= 0.6 is 0 Å². The number of guanidine groups is 1. The molecule has 25 heavy (non-hydrogen) atoms. The molecule has 0 saturated carbocycles. The van der Waals surface area contributed by atoms with Crippen LogP contribution in [0, 0.1) is 5.82 Å². The molecule has 3 rings (SSSR count). The van der Waals surface area contributed by atoms with E-state index < -0.39 is 0 Å². The summed E-state index contributed by atoms with van der Waals surface area (Å²) < 4.78 is 13.6. The average molecular weight is 337 g/mol. The normalized spacial score (nSPS) is 19.4. The highest BCUT2D eigenvalue weighted by Crippen LogP contribution is 2.41. The second-order valence-electron chi connectivity index (χ2n) is 6.40. The second-order valence-corrected chi connectivity index (χ2v) is 6.40. The van der Waals surface area contributed by atoms with E-state index in [0.29, 0.717) is 0 Å². The molecule has 130 valence electrons. The first-order valence-corrected chi connectivity index (χ1v) is 8.55. The molecule has 1 atom stereocenters. The van der Waals surface area contributed by atoms with Crippen molar-refractivity contribution >= 4 is 5.96 Å². The minimum atomic E-state index is -0.238. The Morgan fingerprint density at radius 2 is 2.08 bits per heavy atom. The van der Waals surface area contributed by atoms with Crippen LogP contribution in [0.15, 0.2) is 60.1 Å². The lowest BCUT2D eigenvalue weighted by Crippen LogP contribution is -2.48. The molecule has 0 aliphatic heterocycles. The van der Waals surface area contributed by atoms with E-state index >= 15 is 0 Å². The van der Waals surface area contributed by atoms with Crippen LogP contribution in [0.3, 0.4) is 0 Å². The summed E-state index contributed by atoms with van der Waals surface area (Å²) in [6.45, 7) is 3.94. The number of hydrogen-bond donors (Lipinski definition) is 2. The molecule has 1 aliphatic rings. The van der Waals surface area contributed by atoms with Crippen LogP contribution in [-0.4, -0.2) is 20.1 Å². The number of aryl methyl sites for hydroxylation is 1. The topological polar surface area (TPSA) is 36.4 Å². The average Bonchev–Trinajstić information content (AvgIpc) is 2.98. The Bertz CT molecular complexity index is 813. The highest BCUT2D eigenvalue weighted by atomic mass is 19.1. The Hall–Kier alpha value is -2.62. The van der Waals surface area contributed by atoms with E-state index in [2.05, 4.69) is 40.4 Å². The van der Waals surface area contributed by atoms with Gasteiger partial charge in [0.15, 0.2) is 5.96 Å². The summed E-state index contributed by atoms with van der Waals surface area (Å²) in [7, 11) is 3.62. The van der Waals surface area contributed by atoms with Crippen molar-refractivity contribution in [1.29, 1.82) is 0 Å². The summed E-state index contributed by atoms with van der Waals surface area (Å²) in [5, 5.41) is 6.67. The predicted octanol–water partition coefficient (Wildman–Crippen LogP) is 4.01. The number of benzene rings is 2. The maximum absolute atomic E-state index is 13.6. The zero-order valence-corrected chi connectivity index (χ0v) is 14.8. The summed E-state index contributed by atoms with van der Waals surface area (Å²) in [6, 6.07) is 13.1. The molecule has 3 nitrogen and oxygen atoms in total. The number of rotatable bonds is 4. The van der Waals surface area contributed by atoms with Gasteiger partial charge in [-0.15, -0.1) is 6.58 Å². The van der Waals surface area contributed by atoms with Crippen molar-refractivity contribution < 1.29 is 4.39 Å². The summed E-state index contributed by atoms with van der Waals surface area (Å²) >= 11 is 0.